The molecule has 3 rings (SSSR count). The summed E-state index contributed by atoms with van der Waals surface area (Å²) in [4.78, 5) is 4.44. The number of methoxy groups -OCH3 is 1. The number of hydrogen-bond donors (Lipinski definition) is 1. The molecule has 23 heavy (non-hydrogen) atoms. The van der Waals surface area contributed by atoms with Crippen LogP contribution in [0.25, 0.3) is 5.69 Å². The van der Waals surface area contributed by atoms with Crippen LogP contribution in [0.5, 0.6) is 0 Å². The first kappa shape index (κ1) is 15.9. The van der Waals surface area contributed by atoms with Gasteiger partial charge in [0.1, 0.15) is 5.82 Å². The van der Waals surface area contributed by atoms with Crippen LogP contribution in [0.1, 0.15) is 11.5 Å². The fourth-order valence-corrected chi connectivity index (χ4v) is 2.93. The molecule has 0 aliphatic rings. The second-order valence-corrected chi connectivity index (χ2v) is 6.11. The summed E-state index contributed by atoms with van der Waals surface area (Å²) < 4.78 is 11.2. The maximum Gasteiger partial charge on any atom is 0.207 e. The van der Waals surface area contributed by atoms with Gasteiger partial charge in [0, 0.05) is 30.1 Å². The molecule has 0 spiro atoms. The summed E-state index contributed by atoms with van der Waals surface area (Å²) in [5.41, 5.74) is 2.78. The fraction of sp³-hybridized carbons (Fsp3) is 0.267. The zero-order valence-corrected chi connectivity index (χ0v) is 14.4. The van der Waals surface area contributed by atoms with Gasteiger partial charge in [-0.05, 0) is 25.1 Å². The highest BCUT2D eigenvalue weighted by molar-refractivity contribution is 7.09. The second kappa shape index (κ2) is 7.08. The lowest BCUT2D eigenvalue weighted by atomic mass is 10.3. The van der Waals surface area contributed by atoms with Crippen molar-refractivity contribution >= 4 is 34.0 Å². The van der Waals surface area contributed by atoms with Crippen LogP contribution in [-0.2, 0) is 11.2 Å². The average Bonchev–Trinajstić information content (AvgIpc) is 3.13. The van der Waals surface area contributed by atoms with E-state index in [2.05, 4.69) is 19.8 Å². The Hall–Kier alpha value is -1.96. The number of halogens is 1. The van der Waals surface area contributed by atoms with Gasteiger partial charge < -0.3 is 10.1 Å². The van der Waals surface area contributed by atoms with Gasteiger partial charge in [-0.2, -0.15) is 9.47 Å². The van der Waals surface area contributed by atoms with Crippen LogP contribution >= 0.6 is 23.1 Å². The molecular weight excluding hydrogens is 334 g/mol. The number of hydrogen-bond acceptors (Lipinski definition) is 6. The molecule has 0 fully saturated rings. The van der Waals surface area contributed by atoms with Gasteiger partial charge >= 0.3 is 0 Å². The first-order valence-electron chi connectivity index (χ1n) is 7.06. The predicted molar refractivity (Wildman–Crippen MR) is 92.1 cm³/mol. The Morgan fingerprint density at radius 3 is 3.04 bits per heavy atom. The Bertz CT molecular complexity index is 801. The first-order chi connectivity index (χ1) is 11.2. The lowest BCUT2D eigenvalue weighted by Crippen LogP contribution is -2.00. The topological polar surface area (TPSA) is 64.9 Å². The number of anilines is 2. The first-order valence-corrected chi connectivity index (χ1v) is 8.21. The van der Waals surface area contributed by atoms with E-state index in [9.17, 15) is 0 Å². The van der Waals surface area contributed by atoms with Gasteiger partial charge in [-0.25, -0.2) is 9.67 Å². The van der Waals surface area contributed by atoms with Gasteiger partial charge in [0.05, 0.1) is 29.9 Å². The lowest BCUT2D eigenvalue weighted by Gasteiger charge is -2.06. The van der Waals surface area contributed by atoms with E-state index in [1.165, 1.54) is 11.5 Å². The molecular formula is C15H16ClN5OS. The van der Waals surface area contributed by atoms with Gasteiger partial charge in [-0.3, -0.25) is 0 Å². The van der Waals surface area contributed by atoms with Gasteiger partial charge in [-0.15, -0.1) is 0 Å². The number of aromatic nitrogens is 4. The van der Waals surface area contributed by atoms with Crippen LogP contribution in [0.15, 0.2) is 30.5 Å². The van der Waals surface area contributed by atoms with Crippen LogP contribution in [0.4, 0.5) is 10.8 Å². The zero-order valence-electron chi connectivity index (χ0n) is 12.8. The molecule has 2 aromatic heterocycles. The molecule has 3 aromatic rings. The minimum absolute atomic E-state index is 0.613. The van der Waals surface area contributed by atoms with E-state index < -0.39 is 0 Å². The highest BCUT2D eigenvalue weighted by atomic mass is 35.5. The van der Waals surface area contributed by atoms with Crippen LogP contribution < -0.4 is 5.32 Å². The van der Waals surface area contributed by atoms with Crippen molar-refractivity contribution in [2.24, 2.45) is 0 Å². The highest BCUT2D eigenvalue weighted by Gasteiger charge is 2.11. The van der Waals surface area contributed by atoms with Crippen molar-refractivity contribution < 1.29 is 4.74 Å². The summed E-state index contributed by atoms with van der Waals surface area (Å²) in [5.74, 6) is 0.777. The number of nitrogens with one attached hydrogen (secondary N) is 1. The summed E-state index contributed by atoms with van der Waals surface area (Å²) in [6, 6.07) is 7.58. The molecule has 0 atom stereocenters. The molecule has 0 amide bonds. The molecule has 1 aromatic carbocycles. The van der Waals surface area contributed by atoms with Crippen molar-refractivity contribution in [2.45, 2.75) is 13.3 Å². The van der Waals surface area contributed by atoms with E-state index in [-0.39, 0.29) is 0 Å². The van der Waals surface area contributed by atoms with E-state index >= 15 is 0 Å². The summed E-state index contributed by atoms with van der Waals surface area (Å²) in [5, 5.41) is 9.09. The molecule has 0 unspecified atom stereocenters. The SMILES string of the molecule is COCCc1nsc(Nc2cnn(-c3cccc(Cl)c3)c2C)n1. The van der Waals surface area contributed by atoms with E-state index in [1.807, 2.05) is 35.9 Å². The van der Waals surface area contributed by atoms with Gasteiger partial charge in [0.2, 0.25) is 5.13 Å². The monoisotopic (exact) mass is 349 g/mol. The average molecular weight is 350 g/mol. The summed E-state index contributed by atoms with van der Waals surface area (Å²) in [6.07, 6.45) is 2.47. The third kappa shape index (κ3) is 3.69. The van der Waals surface area contributed by atoms with Crippen LogP contribution in [-0.4, -0.2) is 32.9 Å². The van der Waals surface area contributed by atoms with Crippen LogP contribution in [0.3, 0.4) is 0 Å². The Morgan fingerprint density at radius 2 is 2.26 bits per heavy atom. The fourth-order valence-electron chi connectivity index (χ4n) is 2.12. The van der Waals surface area contributed by atoms with Crippen LogP contribution in [0.2, 0.25) is 5.02 Å². The van der Waals surface area contributed by atoms with E-state index in [0.29, 0.717) is 18.1 Å². The predicted octanol–water partition coefficient (Wildman–Crippen LogP) is 3.62. The molecule has 0 aliphatic heterocycles. The Labute approximate surface area is 143 Å². The third-order valence-electron chi connectivity index (χ3n) is 3.30. The third-order valence-corrected chi connectivity index (χ3v) is 4.21. The number of benzene rings is 1. The van der Waals surface area contributed by atoms with Gasteiger partial charge in [0.25, 0.3) is 0 Å². The molecule has 0 saturated heterocycles. The molecule has 0 radical (unpaired) electrons. The summed E-state index contributed by atoms with van der Waals surface area (Å²) in [6.45, 7) is 2.60. The van der Waals surface area contributed by atoms with E-state index in [4.69, 9.17) is 16.3 Å². The lowest BCUT2D eigenvalue weighted by molar-refractivity contribution is 0.201. The van der Waals surface area contributed by atoms with Gasteiger partial charge in [-0.1, -0.05) is 17.7 Å². The second-order valence-electron chi connectivity index (χ2n) is 4.92. The van der Waals surface area contributed by atoms with Crippen molar-refractivity contribution in [1.82, 2.24) is 19.1 Å². The summed E-state index contributed by atoms with van der Waals surface area (Å²) in [7, 11) is 1.67. The molecule has 0 bridgehead atoms. The van der Waals surface area contributed by atoms with Crippen molar-refractivity contribution in [1.29, 1.82) is 0 Å². The molecule has 0 aliphatic carbocycles. The minimum Gasteiger partial charge on any atom is -0.384 e. The summed E-state index contributed by atoms with van der Waals surface area (Å²) >= 11 is 7.37. The largest absolute Gasteiger partial charge is 0.384 e. The van der Waals surface area contributed by atoms with E-state index in [1.54, 1.807) is 13.3 Å². The molecule has 6 nitrogen and oxygen atoms in total. The number of nitrogens with zero attached hydrogens (tertiary/aromatic N) is 4. The van der Waals surface area contributed by atoms with E-state index in [0.717, 1.165) is 28.0 Å². The molecule has 120 valence electrons. The van der Waals surface area contributed by atoms with Crippen LogP contribution in [0, 0.1) is 6.92 Å². The van der Waals surface area contributed by atoms with Crippen molar-refractivity contribution in [3.05, 3.63) is 47.0 Å². The molecule has 0 saturated carbocycles. The standard InChI is InChI=1S/C15H16ClN5OS/c1-10-13(18-15-19-14(20-23-15)6-7-22-2)9-17-21(10)12-5-3-4-11(16)8-12/h3-5,8-9H,6-7H2,1-2H3,(H,18,19,20). The highest BCUT2D eigenvalue weighted by Crippen LogP contribution is 2.24. The smallest absolute Gasteiger partial charge is 0.207 e. The van der Waals surface area contributed by atoms with Crippen molar-refractivity contribution in [3.8, 4) is 5.69 Å². The molecule has 1 N–H and O–H groups in total. The quantitative estimate of drug-likeness (QED) is 0.736. The maximum atomic E-state index is 6.04. The van der Waals surface area contributed by atoms with Crippen molar-refractivity contribution in [2.75, 3.05) is 19.0 Å². The minimum atomic E-state index is 0.613. The normalized spacial score (nSPS) is 10.9. The molecule has 2 heterocycles. The zero-order chi connectivity index (χ0) is 16.2. The maximum absolute atomic E-state index is 6.04. The Kier molecular flexibility index (Phi) is 4.90. The van der Waals surface area contributed by atoms with Gasteiger partial charge in [0.15, 0.2) is 0 Å². The Morgan fingerprint density at radius 1 is 1.39 bits per heavy atom. The number of rotatable bonds is 6. The van der Waals surface area contributed by atoms with Crippen molar-refractivity contribution in [3.63, 3.8) is 0 Å². The number of ether oxygens (including phenoxy) is 1. The Balaban J connectivity index is 1.78. The molecule has 8 heteroatoms.